The van der Waals surface area contributed by atoms with E-state index in [1.54, 1.807) is 52.0 Å². The summed E-state index contributed by atoms with van der Waals surface area (Å²) < 4.78 is 32.4. The Bertz CT molecular complexity index is 952. The highest BCUT2D eigenvalue weighted by Gasteiger charge is 2.17. The van der Waals surface area contributed by atoms with Crippen LogP contribution in [0.5, 0.6) is 5.75 Å². The minimum atomic E-state index is -3.58. The zero-order valence-corrected chi connectivity index (χ0v) is 17.7. The first-order chi connectivity index (χ1) is 13.6. The lowest BCUT2D eigenvalue weighted by Crippen LogP contribution is -2.31. The first-order valence-electron chi connectivity index (χ1n) is 9.35. The summed E-state index contributed by atoms with van der Waals surface area (Å²) >= 11 is 0. The van der Waals surface area contributed by atoms with Gasteiger partial charge in [0.15, 0.2) is 11.9 Å². The van der Waals surface area contributed by atoms with Crippen LogP contribution >= 0.6 is 0 Å². The molecule has 2 N–H and O–H groups in total. The van der Waals surface area contributed by atoms with Gasteiger partial charge in [-0.3, -0.25) is 9.59 Å². The molecule has 0 heterocycles. The Morgan fingerprint density at radius 3 is 2.07 bits per heavy atom. The van der Waals surface area contributed by atoms with Crippen molar-refractivity contribution in [2.75, 3.05) is 5.32 Å². The summed E-state index contributed by atoms with van der Waals surface area (Å²) in [7, 11) is -3.58. The van der Waals surface area contributed by atoms with Crippen LogP contribution in [0, 0.1) is 0 Å². The fourth-order valence-corrected chi connectivity index (χ4v) is 3.77. The molecule has 8 heteroatoms. The van der Waals surface area contributed by atoms with Gasteiger partial charge in [-0.1, -0.05) is 6.92 Å². The molecule has 2 rings (SSSR count). The number of carbonyl (C=O) groups excluding carboxylic acids is 2. The number of amides is 1. The number of ketones is 1. The summed E-state index contributed by atoms with van der Waals surface area (Å²) in [4.78, 5) is 24.1. The topological polar surface area (TPSA) is 102 Å². The number of Topliss-reactive ketones (excluding diaryl/α,β-unsaturated/α-hetero) is 1. The van der Waals surface area contributed by atoms with Crippen molar-refractivity contribution < 1.29 is 22.7 Å². The molecular formula is C21H26N2O5S. The lowest BCUT2D eigenvalue weighted by atomic mass is 10.1. The number of rotatable bonds is 9. The Hall–Kier alpha value is -2.71. The summed E-state index contributed by atoms with van der Waals surface area (Å²) in [6.07, 6.45) is -0.360. The molecule has 0 aromatic heterocycles. The third-order valence-electron chi connectivity index (χ3n) is 4.00. The molecule has 29 heavy (non-hydrogen) atoms. The molecule has 0 spiro atoms. The van der Waals surface area contributed by atoms with Crippen molar-refractivity contribution in [1.29, 1.82) is 0 Å². The molecule has 2 aromatic carbocycles. The van der Waals surface area contributed by atoms with Gasteiger partial charge in [-0.15, -0.1) is 0 Å². The second kappa shape index (κ2) is 9.67. The van der Waals surface area contributed by atoms with E-state index in [-0.39, 0.29) is 22.6 Å². The summed E-state index contributed by atoms with van der Waals surface area (Å²) in [5, 5.41) is 2.69. The average molecular weight is 419 g/mol. The molecule has 0 saturated carbocycles. The minimum absolute atomic E-state index is 0.0383. The lowest BCUT2D eigenvalue weighted by Gasteiger charge is -2.15. The number of hydrogen-bond donors (Lipinski definition) is 2. The van der Waals surface area contributed by atoms with Gasteiger partial charge >= 0.3 is 0 Å². The first kappa shape index (κ1) is 22.6. The van der Waals surface area contributed by atoms with Crippen molar-refractivity contribution in [2.24, 2.45) is 0 Å². The van der Waals surface area contributed by atoms with Crippen molar-refractivity contribution >= 4 is 27.4 Å². The molecule has 0 fully saturated rings. The van der Waals surface area contributed by atoms with Gasteiger partial charge in [0.05, 0.1) is 4.90 Å². The predicted octanol–water partition coefficient (Wildman–Crippen LogP) is 3.37. The van der Waals surface area contributed by atoms with Crippen molar-refractivity contribution in [3.05, 3.63) is 54.1 Å². The maximum atomic E-state index is 12.3. The Morgan fingerprint density at radius 1 is 0.966 bits per heavy atom. The monoisotopic (exact) mass is 418 g/mol. The Balaban J connectivity index is 1.98. The fourth-order valence-electron chi connectivity index (χ4n) is 2.52. The zero-order chi connectivity index (χ0) is 21.6. The van der Waals surface area contributed by atoms with Gasteiger partial charge in [0, 0.05) is 23.7 Å². The molecule has 7 nitrogen and oxygen atoms in total. The van der Waals surface area contributed by atoms with Crippen LogP contribution in [0.2, 0.25) is 0 Å². The Morgan fingerprint density at radius 2 is 1.55 bits per heavy atom. The molecule has 0 aliphatic carbocycles. The summed E-state index contributed by atoms with van der Waals surface area (Å²) in [5.41, 5.74) is 1.05. The van der Waals surface area contributed by atoms with Crippen molar-refractivity contribution in [2.45, 2.75) is 51.2 Å². The summed E-state index contributed by atoms with van der Waals surface area (Å²) in [6.45, 7) is 6.87. The molecular weight excluding hydrogens is 392 g/mol. The van der Waals surface area contributed by atoms with Gasteiger partial charge in [-0.25, -0.2) is 13.1 Å². The third kappa shape index (κ3) is 6.40. The van der Waals surface area contributed by atoms with E-state index in [4.69, 9.17) is 4.74 Å². The van der Waals surface area contributed by atoms with E-state index < -0.39 is 16.1 Å². The molecule has 0 bridgehead atoms. The van der Waals surface area contributed by atoms with Gasteiger partial charge in [-0.05, 0) is 69.3 Å². The van der Waals surface area contributed by atoms with E-state index in [2.05, 4.69) is 10.0 Å². The van der Waals surface area contributed by atoms with E-state index in [1.807, 2.05) is 0 Å². The SMILES string of the molecule is CCC(=O)c1ccc(O[C@H](C)C(=O)Nc2ccc(S(=O)(=O)NC(C)C)cc2)cc1. The summed E-state index contributed by atoms with van der Waals surface area (Å²) in [6, 6.07) is 12.3. The first-order valence-corrected chi connectivity index (χ1v) is 10.8. The van der Waals surface area contributed by atoms with Crippen LogP contribution in [0.15, 0.2) is 53.4 Å². The standard InChI is InChI=1S/C21H26N2O5S/c1-5-20(24)16-6-10-18(11-7-16)28-15(4)21(25)22-17-8-12-19(13-9-17)29(26,27)23-14(2)3/h6-15,23H,5H2,1-4H3,(H,22,25)/t15-/m1/s1. The molecule has 1 atom stereocenters. The van der Waals surface area contributed by atoms with Crippen LogP contribution in [0.1, 0.15) is 44.5 Å². The van der Waals surface area contributed by atoms with Crippen LogP contribution in [-0.4, -0.2) is 32.3 Å². The number of carbonyl (C=O) groups is 2. The maximum Gasteiger partial charge on any atom is 0.265 e. The predicted molar refractivity (Wildman–Crippen MR) is 112 cm³/mol. The fraction of sp³-hybridized carbons (Fsp3) is 0.333. The van der Waals surface area contributed by atoms with Gasteiger partial charge < -0.3 is 10.1 Å². The van der Waals surface area contributed by atoms with E-state index >= 15 is 0 Å². The molecule has 0 radical (unpaired) electrons. The highest BCUT2D eigenvalue weighted by Crippen LogP contribution is 2.17. The molecule has 2 aromatic rings. The molecule has 0 saturated heterocycles. The number of anilines is 1. The second-order valence-electron chi connectivity index (χ2n) is 6.85. The highest BCUT2D eigenvalue weighted by molar-refractivity contribution is 7.89. The van der Waals surface area contributed by atoms with E-state index in [1.165, 1.54) is 24.3 Å². The van der Waals surface area contributed by atoms with E-state index in [0.29, 0.717) is 23.4 Å². The number of ether oxygens (including phenoxy) is 1. The van der Waals surface area contributed by atoms with Crippen molar-refractivity contribution in [3.8, 4) is 5.75 Å². The Labute approximate surface area is 171 Å². The van der Waals surface area contributed by atoms with Crippen molar-refractivity contribution in [3.63, 3.8) is 0 Å². The quantitative estimate of drug-likeness (QED) is 0.608. The van der Waals surface area contributed by atoms with E-state index in [9.17, 15) is 18.0 Å². The van der Waals surface area contributed by atoms with Crippen molar-refractivity contribution in [1.82, 2.24) is 4.72 Å². The van der Waals surface area contributed by atoms with Crippen LogP contribution in [0.4, 0.5) is 5.69 Å². The zero-order valence-electron chi connectivity index (χ0n) is 16.9. The van der Waals surface area contributed by atoms with Crippen LogP contribution in [0.3, 0.4) is 0 Å². The number of nitrogens with one attached hydrogen (secondary N) is 2. The molecule has 156 valence electrons. The van der Waals surface area contributed by atoms with Gasteiger partial charge in [0.2, 0.25) is 10.0 Å². The van der Waals surface area contributed by atoms with Gasteiger partial charge in [0.1, 0.15) is 5.75 Å². The smallest absolute Gasteiger partial charge is 0.265 e. The van der Waals surface area contributed by atoms with Crippen LogP contribution in [-0.2, 0) is 14.8 Å². The minimum Gasteiger partial charge on any atom is -0.481 e. The average Bonchev–Trinajstić information content (AvgIpc) is 2.67. The molecule has 1 amide bonds. The van der Waals surface area contributed by atoms with Crippen LogP contribution in [0.25, 0.3) is 0 Å². The maximum absolute atomic E-state index is 12.3. The van der Waals surface area contributed by atoms with Gasteiger partial charge in [-0.2, -0.15) is 0 Å². The van der Waals surface area contributed by atoms with Crippen LogP contribution < -0.4 is 14.8 Å². The largest absolute Gasteiger partial charge is 0.481 e. The summed E-state index contributed by atoms with van der Waals surface area (Å²) in [5.74, 6) is 0.132. The highest BCUT2D eigenvalue weighted by atomic mass is 32.2. The molecule has 0 aliphatic rings. The lowest BCUT2D eigenvalue weighted by molar-refractivity contribution is -0.122. The number of benzene rings is 2. The molecule has 0 aliphatic heterocycles. The third-order valence-corrected chi connectivity index (χ3v) is 5.68. The number of sulfonamides is 1. The Kier molecular flexibility index (Phi) is 7.53. The number of hydrogen-bond acceptors (Lipinski definition) is 5. The second-order valence-corrected chi connectivity index (χ2v) is 8.56. The van der Waals surface area contributed by atoms with E-state index in [0.717, 1.165) is 0 Å². The molecule has 0 unspecified atom stereocenters. The van der Waals surface area contributed by atoms with Gasteiger partial charge in [0.25, 0.3) is 5.91 Å². The normalized spacial score (nSPS) is 12.4.